The zero-order valence-corrected chi connectivity index (χ0v) is 4.64. The average molecular weight is 136 g/mol. The number of esters is 1. The van der Waals surface area contributed by atoms with Crippen molar-refractivity contribution in [2.45, 2.75) is 6.43 Å². The normalized spacial score (nSPS) is 9.22. The number of hydrogen-bond acceptors (Lipinski definition) is 2. The van der Waals surface area contributed by atoms with E-state index in [4.69, 9.17) is 0 Å². The molecule has 0 amide bonds. The minimum absolute atomic E-state index is 0.824. The lowest BCUT2D eigenvalue weighted by Crippen LogP contribution is -2.08. The number of carbonyl (C=O) groups excluding carboxylic acids is 1. The number of hydrogen-bond donors (Lipinski definition) is 0. The average Bonchev–Trinajstić information content (AvgIpc) is 1.83. The Bertz CT molecular complexity index is 112. The molecular formula is C5H6F2O2. The van der Waals surface area contributed by atoms with Gasteiger partial charge < -0.3 is 4.74 Å². The highest BCUT2D eigenvalue weighted by Gasteiger charge is 2.03. The zero-order valence-electron chi connectivity index (χ0n) is 4.64. The second kappa shape index (κ2) is 4.00. The third-order valence-electron chi connectivity index (χ3n) is 0.518. The Labute approximate surface area is 51.1 Å². The zero-order chi connectivity index (χ0) is 7.28. The summed E-state index contributed by atoms with van der Waals surface area (Å²) >= 11 is 0. The molecule has 0 heterocycles. The lowest BCUT2D eigenvalue weighted by atomic mass is 10.6. The Morgan fingerprint density at radius 1 is 1.78 bits per heavy atom. The van der Waals surface area contributed by atoms with Gasteiger partial charge in [0.2, 0.25) is 0 Å². The van der Waals surface area contributed by atoms with Crippen LogP contribution < -0.4 is 0 Å². The van der Waals surface area contributed by atoms with Gasteiger partial charge in [0.05, 0.1) is 0 Å². The van der Waals surface area contributed by atoms with Gasteiger partial charge in [-0.3, -0.25) is 0 Å². The van der Waals surface area contributed by atoms with Crippen LogP contribution in [0, 0.1) is 0 Å². The Kier molecular flexibility index (Phi) is 3.59. The van der Waals surface area contributed by atoms with Gasteiger partial charge in [0.15, 0.2) is 6.61 Å². The molecular weight excluding hydrogens is 130 g/mol. The summed E-state index contributed by atoms with van der Waals surface area (Å²) < 4.78 is 26.4. The van der Waals surface area contributed by atoms with E-state index in [1.54, 1.807) is 0 Å². The van der Waals surface area contributed by atoms with Gasteiger partial charge in [-0.15, -0.1) is 0 Å². The predicted octanol–water partition coefficient (Wildman–Crippen LogP) is 0.981. The molecule has 52 valence electrons. The molecule has 0 fully saturated rings. The predicted molar refractivity (Wildman–Crippen MR) is 27.2 cm³/mol. The van der Waals surface area contributed by atoms with Crippen LogP contribution in [0.3, 0.4) is 0 Å². The van der Waals surface area contributed by atoms with Gasteiger partial charge in [-0.25, -0.2) is 13.6 Å². The van der Waals surface area contributed by atoms with E-state index < -0.39 is 19.0 Å². The van der Waals surface area contributed by atoms with E-state index in [9.17, 15) is 13.6 Å². The maximum atomic E-state index is 11.2. The lowest BCUT2D eigenvalue weighted by molar-refractivity contribution is -0.141. The van der Waals surface area contributed by atoms with Crippen molar-refractivity contribution in [1.29, 1.82) is 0 Å². The number of ether oxygens (including phenoxy) is 1. The first-order valence-corrected chi connectivity index (χ1v) is 2.24. The molecule has 4 heteroatoms. The standard InChI is InChI=1S/C5H6F2O2/c1-2-5(8)9-3-4(6)7/h2,4H,1,3H2. The van der Waals surface area contributed by atoms with Crippen molar-refractivity contribution < 1.29 is 18.3 Å². The third kappa shape index (κ3) is 4.93. The van der Waals surface area contributed by atoms with Gasteiger partial charge >= 0.3 is 5.97 Å². The smallest absolute Gasteiger partial charge is 0.330 e. The Balaban J connectivity index is 3.27. The van der Waals surface area contributed by atoms with Gasteiger partial charge in [0.1, 0.15) is 0 Å². The number of halogens is 2. The maximum Gasteiger partial charge on any atom is 0.330 e. The van der Waals surface area contributed by atoms with Crippen molar-refractivity contribution in [3.8, 4) is 0 Å². The van der Waals surface area contributed by atoms with Crippen molar-refractivity contribution in [1.82, 2.24) is 0 Å². The minimum atomic E-state index is -2.60. The monoisotopic (exact) mass is 136 g/mol. The van der Waals surface area contributed by atoms with Crippen LogP contribution in [-0.2, 0) is 9.53 Å². The second-order valence-corrected chi connectivity index (χ2v) is 1.23. The van der Waals surface area contributed by atoms with Crippen molar-refractivity contribution in [3.05, 3.63) is 12.7 Å². The second-order valence-electron chi connectivity index (χ2n) is 1.23. The highest BCUT2D eigenvalue weighted by Crippen LogP contribution is 1.92. The van der Waals surface area contributed by atoms with Crippen LogP contribution in [-0.4, -0.2) is 19.0 Å². The number of carbonyl (C=O) groups is 1. The van der Waals surface area contributed by atoms with Crippen LogP contribution >= 0.6 is 0 Å². The van der Waals surface area contributed by atoms with Gasteiger partial charge in [-0.05, 0) is 0 Å². The Hall–Kier alpha value is -0.930. The molecule has 0 radical (unpaired) electrons. The molecule has 0 saturated heterocycles. The fourth-order valence-corrected chi connectivity index (χ4v) is 0.204. The van der Waals surface area contributed by atoms with Crippen LogP contribution in [0.1, 0.15) is 0 Å². The molecule has 0 saturated carbocycles. The molecule has 0 aliphatic carbocycles. The van der Waals surface area contributed by atoms with Crippen LogP contribution in [0.25, 0.3) is 0 Å². The molecule has 0 atom stereocenters. The molecule has 0 N–H and O–H groups in total. The molecule has 9 heavy (non-hydrogen) atoms. The molecule has 0 spiro atoms. The SMILES string of the molecule is C=CC(=O)OCC(F)F. The van der Waals surface area contributed by atoms with Gasteiger partial charge in [0.25, 0.3) is 6.43 Å². The summed E-state index contributed by atoms with van der Waals surface area (Å²) in [5.41, 5.74) is 0. The van der Waals surface area contributed by atoms with E-state index in [-0.39, 0.29) is 0 Å². The van der Waals surface area contributed by atoms with Crippen molar-refractivity contribution in [3.63, 3.8) is 0 Å². The summed E-state index contributed by atoms with van der Waals surface area (Å²) in [5.74, 6) is -0.824. The lowest BCUT2D eigenvalue weighted by Gasteiger charge is -1.97. The number of rotatable bonds is 3. The molecule has 0 unspecified atom stereocenters. The highest BCUT2D eigenvalue weighted by molar-refractivity contribution is 5.81. The van der Waals surface area contributed by atoms with Crippen LogP contribution in [0.2, 0.25) is 0 Å². The topological polar surface area (TPSA) is 26.3 Å². The van der Waals surface area contributed by atoms with Crippen LogP contribution in [0.5, 0.6) is 0 Å². The molecule has 0 bridgehead atoms. The quantitative estimate of drug-likeness (QED) is 0.427. The van der Waals surface area contributed by atoms with Crippen LogP contribution in [0.4, 0.5) is 8.78 Å². The third-order valence-corrected chi connectivity index (χ3v) is 0.518. The maximum absolute atomic E-state index is 11.2. The molecule has 0 aromatic carbocycles. The summed E-state index contributed by atoms with van der Waals surface area (Å²) in [4.78, 5) is 10.0. The van der Waals surface area contributed by atoms with E-state index in [0.717, 1.165) is 6.08 Å². The first-order valence-electron chi connectivity index (χ1n) is 2.24. The molecule has 2 nitrogen and oxygen atoms in total. The van der Waals surface area contributed by atoms with Gasteiger partial charge in [-0.2, -0.15) is 0 Å². The first kappa shape index (κ1) is 8.07. The summed E-state index contributed by atoms with van der Waals surface area (Å²) in [6.07, 6.45) is -1.77. The van der Waals surface area contributed by atoms with Gasteiger partial charge in [-0.1, -0.05) is 6.58 Å². The summed E-state index contributed by atoms with van der Waals surface area (Å²) in [7, 11) is 0. The number of alkyl halides is 2. The molecule has 0 aliphatic rings. The van der Waals surface area contributed by atoms with E-state index in [1.807, 2.05) is 0 Å². The fraction of sp³-hybridized carbons (Fsp3) is 0.400. The van der Waals surface area contributed by atoms with E-state index in [0.29, 0.717) is 0 Å². The highest BCUT2D eigenvalue weighted by atomic mass is 19.3. The molecule has 0 aromatic heterocycles. The molecule has 0 aromatic rings. The minimum Gasteiger partial charge on any atom is -0.456 e. The largest absolute Gasteiger partial charge is 0.456 e. The van der Waals surface area contributed by atoms with E-state index >= 15 is 0 Å². The molecule has 0 rings (SSSR count). The van der Waals surface area contributed by atoms with Crippen LogP contribution in [0.15, 0.2) is 12.7 Å². The Morgan fingerprint density at radius 3 is 2.67 bits per heavy atom. The fourth-order valence-electron chi connectivity index (χ4n) is 0.204. The Morgan fingerprint density at radius 2 is 2.33 bits per heavy atom. The van der Waals surface area contributed by atoms with Gasteiger partial charge in [0, 0.05) is 6.08 Å². The van der Waals surface area contributed by atoms with E-state index in [1.165, 1.54) is 0 Å². The molecule has 0 aliphatic heterocycles. The van der Waals surface area contributed by atoms with Crippen molar-refractivity contribution in [2.75, 3.05) is 6.61 Å². The first-order chi connectivity index (χ1) is 4.16. The summed E-state index contributed by atoms with van der Waals surface area (Å²) in [6.45, 7) is 2.16. The van der Waals surface area contributed by atoms with Crippen molar-refractivity contribution in [2.24, 2.45) is 0 Å². The summed E-state index contributed by atoms with van der Waals surface area (Å²) in [6, 6.07) is 0. The van der Waals surface area contributed by atoms with Crippen molar-refractivity contribution >= 4 is 5.97 Å². The summed E-state index contributed by atoms with van der Waals surface area (Å²) in [5, 5.41) is 0. The van der Waals surface area contributed by atoms with E-state index in [2.05, 4.69) is 11.3 Å².